The molecule has 0 bridgehead atoms. The average molecular weight is 480 g/mol. The Hall–Kier alpha value is -2.74. The molecule has 1 rings (SSSR count). The molecule has 0 amide bonds. The maximum atomic E-state index is 12.9. The first-order chi connectivity index (χ1) is 16.6. The van der Waals surface area contributed by atoms with Gasteiger partial charge in [-0.1, -0.05) is 71.6 Å². The topological polar surface area (TPSA) is 117 Å². The molecule has 0 aliphatic carbocycles. The summed E-state index contributed by atoms with van der Waals surface area (Å²) in [6, 6.07) is 0. The van der Waals surface area contributed by atoms with E-state index in [9.17, 15) is 19.2 Å². The smallest absolute Gasteiger partial charge is 0.357 e. The van der Waals surface area contributed by atoms with Crippen LogP contribution in [0.15, 0.2) is 24.5 Å². The van der Waals surface area contributed by atoms with E-state index in [1.807, 2.05) is 0 Å². The Morgan fingerprint density at radius 2 is 1.26 bits per heavy atom. The summed E-state index contributed by atoms with van der Waals surface area (Å²) < 4.78 is 8.25. The Morgan fingerprint density at radius 3 is 1.82 bits per heavy atom. The summed E-state index contributed by atoms with van der Waals surface area (Å²) in [7, 11) is 0. The maximum absolute atomic E-state index is 12.9. The molecule has 10 heteroatoms. The third-order valence-electron chi connectivity index (χ3n) is 5.59. The zero-order valence-electron chi connectivity index (χ0n) is 20.9. The standard InChI is InChI=1S/C24H41N5O5/c1-3-5-7-10-13-17-27-22(31)28(18-14-11-9-12-16-25-20-30)24(33)29(23(27)32)26-21-34-19-15-8-6-4-2/h21H,3-19H2,1-2H3/b26-21+. The lowest BCUT2D eigenvalue weighted by molar-refractivity contribution is 0.302. The molecule has 192 valence electrons. The van der Waals surface area contributed by atoms with Gasteiger partial charge in [-0.05, 0) is 25.7 Å². The predicted molar refractivity (Wildman–Crippen MR) is 133 cm³/mol. The quantitative estimate of drug-likeness (QED) is 0.123. The van der Waals surface area contributed by atoms with Crippen molar-refractivity contribution in [2.24, 2.45) is 10.1 Å². The van der Waals surface area contributed by atoms with Crippen molar-refractivity contribution in [2.75, 3.05) is 13.2 Å². The highest BCUT2D eigenvalue weighted by atomic mass is 16.5. The number of aliphatic imine (C=N–C) groups is 1. The molecular formula is C24H41N5O5. The van der Waals surface area contributed by atoms with Crippen molar-refractivity contribution in [1.82, 2.24) is 13.8 Å². The summed E-state index contributed by atoms with van der Waals surface area (Å²) in [6.07, 6.45) is 14.5. The van der Waals surface area contributed by atoms with Gasteiger partial charge < -0.3 is 4.74 Å². The van der Waals surface area contributed by atoms with E-state index in [0.717, 1.165) is 90.8 Å². The normalized spacial score (nSPS) is 11.1. The van der Waals surface area contributed by atoms with Crippen LogP contribution in [0.1, 0.15) is 97.3 Å². The summed E-state index contributed by atoms with van der Waals surface area (Å²) in [6.45, 7) is 5.57. The molecular weight excluding hydrogens is 438 g/mol. The van der Waals surface area contributed by atoms with Crippen LogP contribution in [0.25, 0.3) is 0 Å². The zero-order valence-corrected chi connectivity index (χ0v) is 20.9. The summed E-state index contributed by atoms with van der Waals surface area (Å²) in [5, 5.41) is 3.94. The fraction of sp³-hybridized carbons (Fsp3) is 0.792. The molecule has 1 aromatic heterocycles. The van der Waals surface area contributed by atoms with Gasteiger partial charge in [0.25, 0.3) is 0 Å². The molecule has 0 spiro atoms. The molecule has 1 heterocycles. The van der Waals surface area contributed by atoms with E-state index in [0.29, 0.717) is 26.0 Å². The summed E-state index contributed by atoms with van der Waals surface area (Å²) in [5.41, 5.74) is -2.09. The number of ether oxygens (including phenoxy) is 1. The minimum absolute atomic E-state index is 0.193. The number of unbranched alkanes of at least 4 members (excludes halogenated alkanes) is 10. The van der Waals surface area contributed by atoms with E-state index < -0.39 is 17.1 Å². The highest BCUT2D eigenvalue weighted by Crippen LogP contribution is 2.03. The SMILES string of the molecule is CCCCCCCn1c(=O)n(CCCCCCN=C=O)c(=O)n(/N=C/OCCCCCC)c1=O. The van der Waals surface area contributed by atoms with Gasteiger partial charge in [-0.3, -0.25) is 0 Å². The van der Waals surface area contributed by atoms with Gasteiger partial charge in [0, 0.05) is 13.1 Å². The van der Waals surface area contributed by atoms with Gasteiger partial charge in [0.05, 0.1) is 13.2 Å². The Labute approximate surface area is 201 Å². The molecule has 34 heavy (non-hydrogen) atoms. The van der Waals surface area contributed by atoms with Crippen LogP contribution in [-0.2, 0) is 22.6 Å². The highest BCUT2D eigenvalue weighted by molar-refractivity contribution is 5.45. The molecule has 1 aromatic rings. The van der Waals surface area contributed by atoms with Gasteiger partial charge >= 0.3 is 17.1 Å². The van der Waals surface area contributed by atoms with Crippen molar-refractivity contribution in [3.05, 3.63) is 31.5 Å². The number of hydrogen-bond donors (Lipinski definition) is 0. The van der Waals surface area contributed by atoms with Crippen LogP contribution in [0.3, 0.4) is 0 Å². The largest absolute Gasteiger partial charge is 0.482 e. The first-order valence-corrected chi connectivity index (χ1v) is 12.7. The van der Waals surface area contributed by atoms with Crippen LogP contribution in [-0.4, -0.2) is 39.4 Å². The van der Waals surface area contributed by atoms with E-state index in [4.69, 9.17) is 4.74 Å². The molecule has 10 nitrogen and oxygen atoms in total. The average Bonchev–Trinajstić information content (AvgIpc) is 2.83. The number of rotatable bonds is 20. The van der Waals surface area contributed by atoms with Crippen molar-refractivity contribution in [3.8, 4) is 0 Å². The van der Waals surface area contributed by atoms with Crippen molar-refractivity contribution in [2.45, 2.75) is 110 Å². The lowest BCUT2D eigenvalue weighted by Gasteiger charge is -2.11. The number of aromatic nitrogens is 3. The fourth-order valence-electron chi connectivity index (χ4n) is 3.58. The number of nitrogens with zero attached hydrogens (tertiary/aromatic N) is 5. The molecule has 0 fully saturated rings. The van der Waals surface area contributed by atoms with Crippen LogP contribution >= 0.6 is 0 Å². The van der Waals surface area contributed by atoms with E-state index in [-0.39, 0.29) is 13.1 Å². The lowest BCUT2D eigenvalue weighted by Crippen LogP contribution is -2.53. The van der Waals surface area contributed by atoms with E-state index in [2.05, 4.69) is 23.9 Å². The second kappa shape index (κ2) is 18.7. The van der Waals surface area contributed by atoms with E-state index in [1.54, 1.807) is 0 Å². The Kier molecular flexibility index (Phi) is 16.1. The van der Waals surface area contributed by atoms with Gasteiger partial charge in [-0.15, -0.1) is 9.78 Å². The predicted octanol–water partition coefficient (Wildman–Crippen LogP) is 3.43. The van der Waals surface area contributed by atoms with Gasteiger partial charge in [-0.25, -0.2) is 33.3 Å². The van der Waals surface area contributed by atoms with Gasteiger partial charge in [0.2, 0.25) is 6.08 Å². The molecule has 0 saturated heterocycles. The molecule has 0 unspecified atom stereocenters. The second-order valence-corrected chi connectivity index (χ2v) is 8.42. The number of hydrogen-bond acceptors (Lipinski definition) is 7. The summed E-state index contributed by atoms with van der Waals surface area (Å²) in [4.78, 5) is 52.3. The lowest BCUT2D eigenvalue weighted by atomic mass is 10.1. The third kappa shape index (κ3) is 10.9. The minimum Gasteiger partial charge on any atom is -0.482 e. The van der Waals surface area contributed by atoms with Gasteiger partial charge in [-0.2, -0.15) is 0 Å². The van der Waals surface area contributed by atoms with Crippen LogP contribution < -0.4 is 17.1 Å². The van der Waals surface area contributed by atoms with Crippen LogP contribution in [0.4, 0.5) is 0 Å². The fourth-order valence-corrected chi connectivity index (χ4v) is 3.58. The van der Waals surface area contributed by atoms with Crippen LogP contribution in [0.5, 0.6) is 0 Å². The van der Waals surface area contributed by atoms with Crippen LogP contribution in [0, 0.1) is 0 Å². The van der Waals surface area contributed by atoms with E-state index in [1.165, 1.54) is 6.08 Å². The Balaban J connectivity index is 2.95. The number of carbonyl (C=O) groups excluding carboxylic acids is 1. The zero-order chi connectivity index (χ0) is 25.0. The Bertz CT molecular complexity index is 941. The molecule has 0 atom stereocenters. The monoisotopic (exact) mass is 479 g/mol. The second-order valence-electron chi connectivity index (χ2n) is 8.42. The van der Waals surface area contributed by atoms with Crippen molar-refractivity contribution < 1.29 is 9.53 Å². The number of isocyanates is 1. The molecule has 0 radical (unpaired) electrons. The van der Waals surface area contributed by atoms with Crippen molar-refractivity contribution in [3.63, 3.8) is 0 Å². The van der Waals surface area contributed by atoms with Gasteiger partial charge in [0.1, 0.15) is 0 Å². The summed E-state index contributed by atoms with van der Waals surface area (Å²) in [5.74, 6) is 0. The molecule has 0 saturated carbocycles. The molecule has 0 aliphatic rings. The van der Waals surface area contributed by atoms with E-state index >= 15 is 0 Å². The molecule has 0 N–H and O–H groups in total. The maximum Gasteiger partial charge on any atom is 0.357 e. The Morgan fingerprint density at radius 1 is 0.735 bits per heavy atom. The summed E-state index contributed by atoms with van der Waals surface area (Å²) >= 11 is 0. The van der Waals surface area contributed by atoms with Crippen molar-refractivity contribution >= 4 is 12.5 Å². The van der Waals surface area contributed by atoms with Crippen LogP contribution in [0.2, 0.25) is 0 Å². The molecule has 0 aromatic carbocycles. The third-order valence-corrected chi connectivity index (χ3v) is 5.59. The minimum atomic E-state index is -0.756. The molecule has 0 aliphatic heterocycles. The van der Waals surface area contributed by atoms with Gasteiger partial charge in [0.15, 0.2) is 6.40 Å². The highest BCUT2D eigenvalue weighted by Gasteiger charge is 2.15. The first-order valence-electron chi connectivity index (χ1n) is 12.7. The van der Waals surface area contributed by atoms with Crippen molar-refractivity contribution in [1.29, 1.82) is 0 Å². The first kappa shape index (κ1) is 29.3.